The summed E-state index contributed by atoms with van der Waals surface area (Å²) in [6, 6.07) is 9.85. The molecular weight excluding hydrogens is 379 g/mol. The highest BCUT2D eigenvalue weighted by Gasteiger charge is 2.22. The summed E-state index contributed by atoms with van der Waals surface area (Å²) in [5.41, 5.74) is 0.752. The SMILES string of the molecule is CC(NC(=O)/C=C/c1c(F)cccc1Cl)c1nc2ccccc2n1C(F)F. The van der Waals surface area contributed by atoms with E-state index in [1.165, 1.54) is 30.3 Å². The number of carbonyl (C=O) groups is 1. The van der Waals surface area contributed by atoms with Crippen molar-refractivity contribution in [1.82, 2.24) is 14.9 Å². The number of amides is 1. The quantitative estimate of drug-likeness (QED) is 0.612. The molecule has 3 aromatic rings. The summed E-state index contributed by atoms with van der Waals surface area (Å²) in [4.78, 5) is 16.3. The van der Waals surface area contributed by atoms with Crippen LogP contribution in [0.1, 0.15) is 30.9 Å². The predicted octanol–water partition coefficient (Wildman–Crippen LogP) is 5.11. The molecule has 0 aliphatic rings. The minimum absolute atomic E-state index is 0.0249. The molecular formula is C19H15ClF3N3O. The van der Waals surface area contributed by atoms with Crippen LogP contribution in [0.25, 0.3) is 17.1 Å². The molecule has 140 valence electrons. The highest BCUT2D eigenvalue weighted by atomic mass is 35.5. The van der Waals surface area contributed by atoms with E-state index < -0.39 is 24.3 Å². The first-order valence-electron chi connectivity index (χ1n) is 8.06. The molecule has 3 rings (SSSR count). The number of carbonyl (C=O) groups excluding carboxylic acids is 1. The lowest BCUT2D eigenvalue weighted by molar-refractivity contribution is -0.117. The molecule has 0 radical (unpaired) electrons. The highest BCUT2D eigenvalue weighted by molar-refractivity contribution is 6.32. The molecule has 27 heavy (non-hydrogen) atoms. The standard InChI is InChI=1S/C19H15ClF3N3O/c1-11(18-25-15-7-2-3-8-16(15)26(18)19(22)23)24-17(27)10-9-12-13(20)5-4-6-14(12)21/h2-11,19H,1H3,(H,24,27)/b10-9+. The van der Waals surface area contributed by atoms with Gasteiger partial charge < -0.3 is 5.32 Å². The number of benzene rings is 2. The largest absolute Gasteiger partial charge is 0.343 e. The van der Waals surface area contributed by atoms with Gasteiger partial charge >= 0.3 is 6.55 Å². The molecule has 1 atom stereocenters. The van der Waals surface area contributed by atoms with Gasteiger partial charge in [-0.25, -0.2) is 9.37 Å². The number of alkyl halides is 2. The third-order valence-electron chi connectivity index (χ3n) is 3.97. The van der Waals surface area contributed by atoms with Crippen molar-refractivity contribution in [1.29, 1.82) is 0 Å². The number of hydrogen-bond donors (Lipinski definition) is 1. The zero-order chi connectivity index (χ0) is 19.6. The van der Waals surface area contributed by atoms with Gasteiger partial charge in [0.05, 0.1) is 22.1 Å². The van der Waals surface area contributed by atoms with Crippen LogP contribution in [0.5, 0.6) is 0 Å². The van der Waals surface area contributed by atoms with E-state index in [1.54, 1.807) is 25.1 Å². The summed E-state index contributed by atoms with van der Waals surface area (Å²) < 4.78 is 41.5. The molecule has 1 aromatic heterocycles. The maximum atomic E-state index is 13.7. The third-order valence-corrected chi connectivity index (χ3v) is 4.30. The number of rotatable bonds is 5. The van der Waals surface area contributed by atoms with E-state index in [9.17, 15) is 18.0 Å². The van der Waals surface area contributed by atoms with Crippen LogP contribution in [-0.4, -0.2) is 15.5 Å². The van der Waals surface area contributed by atoms with Gasteiger partial charge in [-0.1, -0.05) is 29.8 Å². The van der Waals surface area contributed by atoms with Gasteiger partial charge in [0, 0.05) is 11.6 Å². The smallest absolute Gasteiger partial charge is 0.320 e. The van der Waals surface area contributed by atoms with Crippen molar-refractivity contribution in [3.63, 3.8) is 0 Å². The Morgan fingerprint density at radius 1 is 1.22 bits per heavy atom. The summed E-state index contributed by atoms with van der Waals surface area (Å²) in [5, 5.41) is 2.71. The van der Waals surface area contributed by atoms with Crippen LogP contribution < -0.4 is 5.32 Å². The Bertz CT molecular complexity index is 996. The molecule has 0 saturated carbocycles. The maximum Gasteiger partial charge on any atom is 0.320 e. The minimum Gasteiger partial charge on any atom is -0.343 e. The second-order valence-corrected chi connectivity index (χ2v) is 6.21. The van der Waals surface area contributed by atoms with Crippen LogP contribution in [-0.2, 0) is 4.79 Å². The van der Waals surface area contributed by atoms with Gasteiger partial charge in [-0.2, -0.15) is 8.78 Å². The number of nitrogens with one attached hydrogen (secondary N) is 1. The third kappa shape index (κ3) is 3.98. The second kappa shape index (κ2) is 7.84. The van der Waals surface area contributed by atoms with Gasteiger partial charge in [0.25, 0.3) is 0 Å². The van der Waals surface area contributed by atoms with Crippen LogP contribution >= 0.6 is 11.6 Å². The Labute approximate surface area is 158 Å². The summed E-state index contributed by atoms with van der Waals surface area (Å²) in [6.45, 7) is -1.26. The van der Waals surface area contributed by atoms with E-state index in [0.29, 0.717) is 5.52 Å². The first-order valence-corrected chi connectivity index (χ1v) is 8.44. The lowest BCUT2D eigenvalue weighted by Gasteiger charge is -2.14. The average molecular weight is 394 g/mol. The zero-order valence-corrected chi connectivity index (χ0v) is 14.9. The van der Waals surface area contributed by atoms with Crippen molar-refractivity contribution in [3.8, 4) is 0 Å². The van der Waals surface area contributed by atoms with Crippen LogP contribution in [0.15, 0.2) is 48.5 Å². The van der Waals surface area contributed by atoms with E-state index in [2.05, 4.69) is 10.3 Å². The molecule has 1 heterocycles. The Kier molecular flexibility index (Phi) is 5.51. The summed E-state index contributed by atoms with van der Waals surface area (Å²) in [7, 11) is 0. The second-order valence-electron chi connectivity index (χ2n) is 5.81. The van der Waals surface area contributed by atoms with Crippen molar-refractivity contribution >= 4 is 34.6 Å². The molecule has 0 saturated heterocycles. The lowest BCUT2D eigenvalue weighted by Crippen LogP contribution is -2.27. The zero-order valence-electron chi connectivity index (χ0n) is 14.2. The van der Waals surface area contributed by atoms with Gasteiger partial charge in [-0.05, 0) is 37.3 Å². The van der Waals surface area contributed by atoms with Crippen LogP contribution in [0, 0.1) is 5.82 Å². The predicted molar refractivity (Wildman–Crippen MR) is 98.0 cm³/mol. The topological polar surface area (TPSA) is 46.9 Å². The van der Waals surface area contributed by atoms with Crippen molar-refractivity contribution < 1.29 is 18.0 Å². The number of imidazole rings is 1. The number of hydrogen-bond acceptors (Lipinski definition) is 2. The van der Waals surface area contributed by atoms with Gasteiger partial charge in [-0.3, -0.25) is 9.36 Å². The molecule has 0 fully saturated rings. The number of halogens is 4. The van der Waals surface area contributed by atoms with Gasteiger partial charge in [0.2, 0.25) is 5.91 Å². The Morgan fingerprint density at radius 2 is 1.96 bits per heavy atom. The number of para-hydroxylation sites is 2. The van der Waals surface area contributed by atoms with Gasteiger partial charge in [0.15, 0.2) is 0 Å². The summed E-state index contributed by atoms with van der Waals surface area (Å²) in [5.74, 6) is -1.13. The van der Waals surface area contributed by atoms with Crippen molar-refractivity contribution in [2.24, 2.45) is 0 Å². The highest BCUT2D eigenvalue weighted by Crippen LogP contribution is 2.26. The Balaban J connectivity index is 1.82. The Hall–Kier alpha value is -2.80. The van der Waals surface area contributed by atoms with E-state index in [-0.39, 0.29) is 21.9 Å². The van der Waals surface area contributed by atoms with E-state index >= 15 is 0 Å². The van der Waals surface area contributed by atoms with Crippen LogP contribution in [0.2, 0.25) is 5.02 Å². The summed E-state index contributed by atoms with van der Waals surface area (Å²) >= 11 is 5.90. The van der Waals surface area contributed by atoms with Gasteiger partial charge in [-0.15, -0.1) is 0 Å². The monoisotopic (exact) mass is 393 g/mol. The van der Waals surface area contributed by atoms with Crippen molar-refractivity contribution in [3.05, 3.63) is 70.8 Å². The molecule has 1 N–H and O–H groups in total. The first-order chi connectivity index (χ1) is 12.9. The summed E-state index contributed by atoms with van der Waals surface area (Å²) in [6.07, 6.45) is 2.33. The number of fused-ring (bicyclic) bond motifs is 1. The first kappa shape index (κ1) is 19.0. The van der Waals surface area contributed by atoms with E-state index in [0.717, 1.165) is 10.6 Å². The Morgan fingerprint density at radius 3 is 2.67 bits per heavy atom. The molecule has 8 heteroatoms. The van der Waals surface area contributed by atoms with E-state index in [4.69, 9.17) is 11.6 Å². The number of aromatic nitrogens is 2. The van der Waals surface area contributed by atoms with E-state index in [1.807, 2.05) is 0 Å². The molecule has 0 spiro atoms. The molecule has 0 aliphatic carbocycles. The van der Waals surface area contributed by atoms with Crippen molar-refractivity contribution in [2.45, 2.75) is 19.5 Å². The van der Waals surface area contributed by atoms with Crippen LogP contribution in [0.3, 0.4) is 0 Å². The number of nitrogens with zero attached hydrogens (tertiary/aromatic N) is 2. The lowest BCUT2D eigenvalue weighted by atomic mass is 10.2. The van der Waals surface area contributed by atoms with Crippen LogP contribution in [0.4, 0.5) is 13.2 Å². The fourth-order valence-electron chi connectivity index (χ4n) is 2.73. The fraction of sp³-hybridized carbons (Fsp3) is 0.158. The average Bonchev–Trinajstić information content (AvgIpc) is 3.01. The van der Waals surface area contributed by atoms with Gasteiger partial charge in [0.1, 0.15) is 11.6 Å². The molecule has 0 aliphatic heterocycles. The molecule has 1 amide bonds. The minimum atomic E-state index is -2.81. The fourth-order valence-corrected chi connectivity index (χ4v) is 2.95. The maximum absolute atomic E-state index is 13.7. The molecule has 0 bridgehead atoms. The molecule has 4 nitrogen and oxygen atoms in total. The van der Waals surface area contributed by atoms with Crippen molar-refractivity contribution in [2.75, 3.05) is 0 Å². The normalized spacial score (nSPS) is 12.8. The molecule has 1 unspecified atom stereocenters. The molecule has 2 aromatic carbocycles.